The Morgan fingerprint density at radius 3 is 1.47 bits per heavy atom. The SMILES string of the molecule is CC(C)(c1ccc(/C(=C/C(O)(C(F)(F)F)C(F)(F)F)CC(C)(O)C(F)(F)F)cc1)c1ccc(O)c(C(C)(O)C(F)(F)F)c1. The standard InChI is InChI=1S/C27H26F12O4/c1-20(2,17-9-10-19(40)18(11-17)22(4,42)25(31,32)33)16-7-5-14(6-8-16)15(12-21(3,41)24(28,29)30)13-23(43,26(34,35)36)27(37,38)39/h5-11,13,40-43H,12H2,1-4H3/b15-13+. The molecule has 2 unspecified atom stereocenters. The van der Waals surface area contributed by atoms with Gasteiger partial charge in [0.05, 0.1) is 0 Å². The minimum Gasteiger partial charge on any atom is -0.508 e. The Morgan fingerprint density at radius 2 is 1.07 bits per heavy atom. The Labute approximate surface area is 236 Å². The van der Waals surface area contributed by atoms with Gasteiger partial charge < -0.3 is 20.4 Å². The van der Waals surface area contributed by atoms with Gasteiger partial charge in [0.1, 0.15) is 5.75 Å². The van der Waals surface area contributed by atoms with E-state index < -0.39 is 81.9 Å². The number of phenolic OH excluding ortho intramolecular Hbond substituents is 1. The van der Waals surface area contributed by atoms with E-state index in [0.29, 0.717) is 6.92 Å². The van der Waals surface area contributed by atoms with Crippen molar-refractivity contribution in [1.82, 2.24) is 0 Å². The highest BCUT2D eigenvalue weighted by atomic mass is 19.4. The van der Waals surface area contributed by atoms with E-state index in [2.05, 4.69) is 0 Å². The molecule has 0 aromatic heterocycles. The Kier molecular flexibility index (Phi) is 9.16. The van der Waals surface area contributed by atoms with E-state index in [1.54, 1.807) is 0 Å². The number of phenols is 1. The van der Waals surface area contributed by atoms with Crippen LogP contribution in [-0.4, -0.2) is 56.3 Å². The van der Waals surface area contributed by atoms with Crippen LogP contribution in [0.25, 0.3) is 5.57 Å². The van der Waals surface area contributed by atoms with E-state index >= 15 is 0 Å². The molecule has 16 heteroatoms. The molecule has 43 heavy (non-hydrogen) atoms. The number of alkyl halides is 12. The molecule has 0 amide bonds. The minimum atomic E-state index is -6.43. The predicted octanol–water partition coefficient (Wildman–Crippen LogP) is 7.43. The van der Waals surface area contributed by atoms with E-state index in [1.807, 2.05) is 0 Å². The summed E-state index contributed by atoms with van der Waals surface area (Å²) in [5, 5.41) is 39.5. The van der Waals surface area contributed by atoms with Gasteiger partial charge in [0.15, 0.2) is 11.2 Å². The van der Waals surface area contributed by atoms with Crippen LogP contribution < -0.4 is 0 Å². The number of hydrogen-bond donors (Lipinski definition) is 4. The van der Waals surface area contributed by atoms with Crippen LogP contribution in [0.4, 0.5) is 52.7 Å². The quantitative estimate of drug-likeness (QED) is 0.237. The zero-order valence-electron chi connectivity index (χ0n) is 22.7. The molecule has 2 aromatic rings. The number of hydrogen-bond acceptors (Lipinski definition) is 4. The topological polar surface area (TPSA) is 80.9 Å². The molecule has 0 spiro atoms. The van der Waals surface area contributed by atoms with E-state index in [9.17, 15) is 73.1 Å². The first-order valence-electron chi connectivity index (χ1n) is 12.0. The number of rotatable bonds is 7. The van der Waals surface area contributed by atoms with Gasteiger partial charge in [-0.15, -0.1) is 0 Å². The highest BCUT2D eigenvalue weighted by Crippen LogP contribution is 2.48. The van der Waals surface area contributed by atoms with Crippen LogP contribution in [0, 0.1) is 0 Å². The number of halogens is 12. The van der Waals surface area contributed by atoms with Gasteiger partial charge in [-0.1, -0.05) is 44.2 Å². The lowest BCUT2D eigenvalue weighted by atomic mass is 9.76. The van der Waals surface area contributed by atoms with Crippen LogP contribution in [-0.2, 0) is 11.0 Å². The summed E-state index contributed by atoms with van der Waals surface area (Å²) in [5.74, 6) is -0.912. The largest absolute Gasteiger partial charge is 0.508 e. The zero-order valence-corrected chi connectivity index (χ0v) is 22.7. The van der Waals surface area contributed by atoms with Gasteiger partial charge in [-0.05, 0) is 54.3 Å². The summed E-state index contributed by atoms with van der Waals surface area (Å²) in [6.07, 6.45) is -26.3. The zero-order chi connectivity index (χ0) is 33.8. The summed E-state index contributed by atoms with van der Waals surface area (Å²) in [6, 6.07) is 6.55. The fourth-order valence-corrected chi connectivity index (χ4v) is 4.02. The first-order valence-corrected chi connectivity index (χ1v) is 12.0. The van der Waals surface area contributed by atoms with Crippen molar-refractivity contribution in [3.63, 3.8) is 0 Å². The monoisotopic (exact) mass is 642 g/mol. The maximum atomic E-state index is 13.4. The third-order valence-corrected chi connectivity index (χ3v) is 7.16. The fourth-order valence-electron chi connectivity index (χ4n) is 4.02. The van der Waals surface area contributed by atoms with E-state index in [1.165, 1.54) is 19.9 Å². The van der Waals surface area contributed by atoms with E-state index in [-0.39, 0.29) is 18.1 Å². The molecule has 0 aliphatic rings. The second-order valence-corrected chi connectivity index (χ2v) is 10.9. The molecule has 0 saturated heterocycles. The molecule has 4 nitrogen and oxygen atoms in total. The van der Waals surface area contributed by atoms with Crippen molar-refractivity contribution in [2.24, 2.45) is 0 Å². The first kappa shape index (κ1) is 36.2. The molecule has 2 atom stereocenters. The van der Waals surface area contributed by atoms with Crippen LogP contribution in [0.5, 0.6) is 5.75 Å². The van der Waals surface area contributed by atoms with Gasteiger partial charge >= 0.3 is 24.7 Å². The molecule has 0 aliphatic carbocycles. The second-order valence-electron chi connectivity index (χ2n) is 10.9. The average Bonchev–Trinajstić information content (AvgIpc) is 2.80. The summed E-state index contributed by atoms with van der Waals surface area (Å²) in [4.78, 5) is 0. The van der Waals surface area contributed by atoms with Crippen LogP contribution in [0.1, 0.15) is 56.4 Å². The van der Waals surface area contributed by atoms with Crippen molar-refractivity contribution in [3.05, 3.63) is 70.8 Å². The maximum Gasteiger partial charge on any atom is 0.430 e. The normalized spacial score (nSPS) is 17.4. The molecule has 0 radical (unpaired) electrons. The van der Waals surface area contributed by atoms with Gasteiger partial charge in [0.25, 0.3) is 5.60 Å². The highest BCUT2D eigenvalue weighted by Gasteiger charge is 2.69. The Morgan fingerprint density at radius 1 is 0.628 bits per heavy atom. The van der Waals surface area contributed by atoms with Crippen molar-refractivity contribution in [1.29, 1.82) is 0 Å². The van der Waals surface area contributed by atoms with Crippen molar-refractivity contribution in [3.8, 4) is 5.75 Å². The Hall–Kier alpha value is -2.98. The van der Waals surface area contributed by atoms with Gasteiger partial charge in [0, 0.05) is 17.4 Å². The lowest BCUT2D eigenvalue weighted by molar-refractivity contribution is -0.347. The first-order chi connectivity index (χ1) is 18.9. The van der Waals surface area contributed by atoms with Crippen molar-refractivity contribution < 1.29 is 73.1 Å². The van der Waals surface area contributed by atoms with Crippen molar-refractivity contribution >= 4 is 5.57 Å². The molecule has 4 N–H and O–H groups in total. The summed E-state index contributed by atoms with van der Waals surface area (Å²) >= 11 is 0. The van der Waals surface area contributed by atoms with Crippen LogP contribution in [0.3, 0.4) is 0 Å². The molecule has 0 bridgehead atoms. The smallest absolute Gasteiger partial charge is 0.430 e. The number of aromatic hydroxyl groups is 1. The molecule has 0 fully saturated rings. The molecule has 242 valence electrons. The molecule has 2 aromatic carbocycles. The Bertz CT molecular complexity index is 1320. The lowest BCUT2D eigenvalue weighted by Crippen LogP contribution is -2.55. The van der Waals surface area contributed by atoms with Crippen molar-refractivity contribution in [2.75, 3.05) is 0 Å². The molecule has 0 aliphatic heterocycles. The average molecular weight is 642 g/mol. The molecular formula is C27H26F12O4. The minimum absolute atomic E-state index is 0.0388. The summed E-state index contributed by atoms with van der Waals surface area (Å²) in [7, 11) is 0. The summed E-state index contributed by atoms with van der Waals surface area (Å²) in [6.45, 7) is 3.33. The van der Waals surface area contributed by atoms with Crippen molar-refractivity contribution in [2.45, 2.75) is 81.0 Å². The van der Waals surface area contributed by atoms with Crippen LogP contribution >= 0.6 is 0 Å². The van der Waals surface area contributed by atoms with Gasteiger partial charge in [-0.2, -0.15) is 52.7 Å². The summed E-state index contributed by atoms with van der Waals surface area (Å²) in [5.41, 5.74) is -17.1. The van der Waals surface area contributed by atoms with Gasteiger partial charge in [-0.25, -0.2) is 0 Å². The molecule has 2 rings (SSSR count). The van der Waals surface area contributed by atoms with Gasteiger partial charge in [-0.3, -0.25) is 0 Å². The third-order valence-electron chi connectivity index (χ3n) is 7.16. The van der Waals surface area contributed by atoms with Crippen LogP contribution in [0.15, 0.2) is 48.5 Å². The fraction of sp³-hybridized carbons (Fsp3) is 0.481. The van der Waals surface area contributed by atoms with E-state index in [0.717, 1.165) is 36.4 Å². The Balaban J connectivity index is 2.72. The number of aliphatic hydroxyl groups is 3. The molecular weight excluding hydrogens is 616 g/mol. The molecule has 0 heterocycles. The molecule has 0 saturated carbocycles. The lowest BCUT2D eigenvalue weighted by Gasteiger charge is -2.33. The van der Waals surface area contributed by atoms with Crippen LogP contribution in [0.2, 0.25) is 0 Å². The van der Waals surface area contributed by atoms with Gasteiger partial charge in [0.2, 0.25) is 0 Å². The van der Waals surface area contributed by atoms with E-state index in [4.69, 9.17) is 0 Å². The maximum absolute atomic E-state index is 13.4. The predicted molar refractivity (Wildman–Crippen MR) is 129 cm³/mol. The second kappa shape index (κ2) is 10.9. The highest BCUT2D eigenvalue weighted by molar-refractivity contribution is 5.68. The third kappa shape index (κ3) is 6.90. The summed E-state index contributed by atoms with van der Waals surface area (Å²) < 4.78 is 160. The number of benzene rings is 2.